The van der Waals surface area contributed by atoms with E-state index >= 15 is 4.39 Å². The van der Waals surface area contributed by atoms with Gasteiger partial charge in [0.25, 0.3) is 5.56 Å². The maximum absolute atomic E-state index is 15.6. The Labute approximate surface area is 577 Å². The van der Waals surface area contributed by atoms with Crippen LogP contribution in [0.15, 0.2) is 65.5 Å². The Hall–Kier alpha value is -7.54. The standard InChI is InChI=1S/C72H98FN7O19/c1-6-72(87)54-42-61-66-52(44-80(61)69(84)53(54)46-98-70(72)85)65-57(18-16-51-48(4)55(73)43-59(76-66)64(51)65)79-71(86)99-45-50-15-17-56(62(41-50)88-5)77-67(82)58(14-10-11-21-74)78-68(83)60(40-49-12-8-7-9-13-49)75-63(81)20-23-90-25-27-92-29-31-94-33-35-96-37-39-97-38-36-95-34-32-93-30-28-91-26-24-89-22-19-47(2)3/h7-9,12-13,15,17,41-43,47,57-58,60,87H,6,10-11,14,16,18-40,44-46,74H2,1-5H3,(H,75,81)(H,77,82)(H,78,83)(H,79,86)/t57-,58-,60-,72-/m0/s1. The molecule has 0 unspecified atom stereocenters. The summed E-state index contributed by atoms with van der Waals surface area (Å²) in [6.45, 7) is 15.3. The molecule has 4 amide bonds. The second kappa shape index (κ2) is 40.0. The van der Waals surface area contributed by atoms with Crippen molar-refractivity contribution in [1.82, 2.24) is 25.5 Å². The number of rotatable bonds is 46. The number of pyridine rings is 2. The molecular formula is C72H98FN7O19. The van der Waals surface area contributed by atoms with Crippen LogP contribution in [0, 0.1) is 18.7 Å². The molecule has 1 aliphatic carbocycles. The van der Waals surface area contributed by atoms with Crippen molar-refractivity contribution in [3.8, 4) is 17.1 Å². The minimum Gasteiger partial charge on any atom is -0.495 e. The zero-order chi connectivity index (χ0) is 70.5. The fraction of sp³-hybridized carbons (Fsp3) is 0.569. The van der Waals surface area contributed by atoms with E-state index in [4.69, 9.17) is 67.6 Å². The van der Waals surface area contributed by atoms with E-state index in [0.29, 0.717) is 175 Å². The van der Waals surface area contributed by atoms with Crippen LogP contribution < -0.4 is 37.3 Å². The average molecular weight is 1380 g/mol. The molecule has 0 saturated carbocycles. The smallest absolute Gasteiger partial charge is 0.407 e. The highest BCUT2D eigenvalue weighted by Crippen LogP contribution is 2.46. The summed E-state index contributed by atoms with van der Waals surface area (Å²) in [5, 5.41) is 23.7. The van der Waals surface area contributed by atoms with Gasteiger partial charge in [0.1, 0.15) is 36.9 Å². The van der Waals surface area contributed by atoms with E-state index < -0.39 is 64.9 Å². The van der Waals surface area contributed by atoms with E-state index in [1.54, 1.807) is 38.1 Å². The number of carbonyl (C=O) groups is 5. The van der Waals surface area contributed by atoms with E-state index in [9.17, 15) is 33.9 Å². The molecule has 4 atom stereocenters. The number of carbonyl (C=O) groups excluding carboxylic acids is 5. The Bertz CT molecular complexity index is 3520. The van der Waals surface area contributed by atoms with Crippen LogP contribution in [0.25, 0.3) is 22.3 Å². The van der Waals surface area contributed by atoms with Crippen molar-refractivity contribution in [1.29, 1.82) is 0 Å². The number of nitrogens with zero attached hydrogens (tertiary/aromatic N) is 2. The van der Waals surface area contributed by atoms with Gasteiger partial charge in [-0.3, -0.25) is 19.2 Å². The molecule has 27 heteroatoms. The number of anilines is 1. The number of halogens is 1. The molecule has 2 aliphatic heterocycles. The Balaban J connectivity index is 0.747. The lowest BCUT2D eigenvalue weighted by atomic mass is 9.81. The van der Waals surface area contributed by atoms with Gasteiger partial charge in [0, 0.05) is 42.0 Å². The van der Waals surface area contributed by atoms with Gasteiger partial charge in [-0.25, -0.2) is 19.0 Å². The summed E-state index contributed by atoms with van der Waals surface area (Å²) in [4.78, 5) is 87.5. The number of aliphatic hydroxyl groups is 1. The number of unbranched alkanes of at least 4 members (excludes halogenated alkanes) is 1. The number of fused-ring (bicyclic) bond motifs is 5. The molecule has 5 aromatic rings. The number of amides is 4. The zero-order valence-corrected chi connectivity index (χ0v) is 57.6. The van der Waals surface area contributed by atoms with E-state index in [0.717, 1.165) is 24.2 Å². The molecule has 0 bridgehead atoms. The Morgan fingerprint density at radius 2 is 1.33 bits per heavy atom. The summed E-state index contributed by atoms with van der Waals surface area (Å²) in [7, 11) is 1.42. The molecule has 0 spiro atoms. The Morgan fingerprint density at radius 1 is 0.727 bits per heavy atom. The first-order chi connectivity index (χ1) is 48.0. The molecule has 542 valence electrons. The minimum absolute atomic E-state index is 0.0407. The van der Waals surface area contributed by atoms with Crippen molar-refractivity contribution in [3.05, 3.63) is 121 Å². The van der Waals surface area contributed by atoms with Gasteiger partial charge in [0.2, 0.25) is 17.7 Å². The lowest BCUT2D eigenvalue weighted by Crippen LogP contribution is -2.53. The van der Waals surface area contributed by atoms with Crippen LogP contribution in [0.3, 0.4) is 0 Å². The number of aromatic nitrogens is 2. The molecule has 0 radical (unpaired) electrons. The highest BCUT2D eigenvalue weighted by molar-refractivity contribution is 5.99. The molecule has 7 N–H and O–H groups in total. The van der Waals surface area contributed by atoms with Gasteiger partial charge >= 0.3 is 12.1 Å². The highest BCUT2D eigenvalue weighted by Gasteiger charge is 2.46. The minimum atomic E-state index is -2.05. The van der Waals surface area contributed by atoms with Crippen LogP contribution in [0.1, 0.15) is 116 Å². The number of methoxy groups -OCH3 is 1. The fourth-order valence-corrected chi connectivity index (χ4v) is 11.9. The van der Waals surface area contributed by atoms with Crippen LogP contribution in [0.2, 0.25) is 0 Å². The summed E-state index contributed by atoms with van der Waals surface area (Å²) >= 11 is 0. The van der Waals surface area contributed by atoms with Gasteiger partial charge in [0.05, 0.1) is 160 Å². The van der Waals surface area contributed by atoms with E-state index in [1.807, 2.05) is 30.3 Å². The van der Waals surface area contributed by atoms with Crippen molar-refractivity contribution in [2.24, 2.45) is 11.7 Å². The van der Waals surface area contributed by atoms with Crippen LogP contribution >= 0.6 is 0 Å². The molecule has 0 fully saturated rings. The summed E-state index contributed by atoms with van der Waals surface area (Å²) in [6, 6.07) is 14.2. The number of cyclic esters (lactones) is 1. The summed E-state index contributed by atoms with van der Waals surface area (Å²) < 4.78 is 83.8. The SMILES string of the molecule is CC[C@@]1(O)C(=O)OCc2c1cc1n(c2=O)Cc2c-1nc1cc(F)c(C)c3c1c2[C@@H](NC(=O)OCc1ccc(NC(=O)[C@H](CCCCN)NC(=O)[C@H](Cc2ccccc2)NC(=O)CCOCCOCCOCCOCCOCCOCCOCCOCCOCCC(C)C)c(OC)c1)CC3. The molecular weight excluding hydrogens is 1290 g/mol. The zero-order valence-electron chi connectivity index (χ0n) is 57.6. The Morgan fingerprint density at radius 3 is 1.92 bits per heavy atom. The second-order valence-corrected chi connectivity index (χ2v) is 24.7. The molecule has 2 aromatic heterocycles. The monoisotopic (exact) mass is 1380 g/mol. The molecule has 3 aromatic carbocycles. The number of aryl methyl sites for hydroxylation is 1. The number of esters is 1. The average Bonchev–Trinajstić information content (AvgIpc) is 1.60. The predicted molar refractivity (Wildman–Crippen MR) is 364 cm³/mol. The predicted octanol–water partition coefficient (Wildman–Crippen LogP) is 6.31. The summed E-state index contributed by atoms with van der Waals surface area (Å²) in [6.07, 6.45) is 2.42. The van der Waals surface area contributed by atoms with Crippen LogP contribution in [0.4, 0.5) is 14.9 Å². The summed E-state index contributed by atoms with van der Waals surface area (Å²) in [5.74, 6) is -1.99. The first-order valence-corrected chi connectivity index (χ1v) is 34.3. The molecule has 8 rings (SSSR count). The Kier molecular flexibility index (Phi) is 31.2. The first-order valence-electron chi connectivity index (χ1n) is 34.3. The lowest BCUT2D eigenvalue weighted by molar-refractivity contribution is -0.172. The first kappa shape index (κ1) is 77.2. The number of nitrogens with two attached hydrogens (primary N) is 1. The van der Waals surface area contributed by atoms with Crippen molar-refractivity contribution in [2.45, 2.75) is 129 Å². The van der Waals surface area contributed by atoms with Crippen LogP contribution in [0.5, 0.6) is 5.75 Å². The van der Waals surface area contributed by atoms with E-state index in [1.165, 1.54) is 17.7 Å². The van der Waals surface area contributed by atoms with Gasteiger partial charge in [0.15, 0.2) is 5.60 Å². The largest absolute Gasteiger partial charge is 0.495 e. The van der Waals surface area contributed by atoms with E-state index in [2.05, 4.69) is 35.1 Å². The molecule has 4 heterocycles. The highest BCUT2D eigenvalue weighted by atomic mass is 19.1. The number of benzene rings is 3. The molecule has 99 heavy (non-hydrogen) atoms. The van der Waals surface area contributed by atoms with Gasteiger partial charge in [-0.15, -0.1) is 0 Å². The van der Waals surface area contributed by atoms with Crippen molar-refractivity contribution >= 4 is 46.4 Å². The number of nitrogens with one attached hydrogen (secondary N) is 4. The maximum atomic E-state index is 15.6. The quantitative estimate of drug-likeness (QED) is 0.0180. The number of hydrogen-bond acceptors (Lipinski definition) is 21. The van der Waals surface area contributed by atoms with Gasteiger partial charge < -0.3 is 93.5 Å². The van der Waals surface area contributed by atoms with Crippen LogP contribution in [-0.2, 0) is 109 Å². The number of hydrogen-bond donors (Lipinski definition) is 6. The normalized spacial score (nSPS) is 15.8. The van der Waals surface area contributed by atoms with Crippen molar-refractivity contribution in [2.75, 3.05) is 138 Å². The van der Waals surface area contributed by atoms with Gasteiger partial charge in [-0.2, -0.15) is 0 Å². The maximum Gasteiger partial charge on any atom is 0.407 e. The van der Waals surface area contributed by atoms with Crippen molar-refractivity contribution < 1.29 is 90.3 Å². The molecule has 3 aliphatic rings. The number of alkyl carbamates (subject to hydrolysis) is 1. The third kappa shape index (κ3) is 22.2. The van der Waals surface area contributed by atoms with E-state index in [-0.39, 0.29) is 87.8 Å². The third-order valence-corrected chi connectivity index (χ3v) is 17.4. The van der Waals surface area contributed by atoms with Crippen LogP contribution in [-0.4, -0.2) is 189 Å². The second-order valence-electron chi connectivity index (χ2n) is 24.7. The molecule has 0 saturated heterocycles. The summed E-state index contributed by atoms with van der Waals surface area (Å²) in [5.41, 5.74) is 8.69. The lowest BCUT2D eigenvalue weighted by Gasteiger charge is -2.31. The van der Waals surface area contributed by atoms with Gasteiger partial charge in [-0.05, 0) is 110 Å². The molecule has 26 nitrogen and oxygen atoms in total. The van der Waals surface area contributed by atoms with Gasteiger partial charge in [-0.1, -0.05) is 57.2 Å². The fourth-order valence-electron chi connectivity index (χ4n) is 11.9. The third-order valence-electron chi connectivity index (χ3n) is 17.4. The topological polar surface area (TPSA) is 325 Å². The van der Waals surface area contributed by atoms with Crippen molar-refractivity contribution in [3.63, 3.8) is 0 Å². The number of ether oxygens (including phenoxy) is 12.